The summed E-state index contributed by atoms with van der Waals surface area (Å²) >= 11 is 0. The largest absolute Gasteiger partial charge is 0.444 e. The van der Waals surface area contributed by atoms with Crippen LogP contribution >= 0.6 is 0 Å². The molecular weight excluding hydrogens is 296 g/mol. The molecule has 9 nitrogen and oxygen atoms in total. The molecule has 0 amide bonds. The van der Waals surface area contributed by atoms with E-state index in [9.17, 15) is 15.3 Å². The van der Waals surface area contributed by atoms with Crippen LogP contribution in [0.25, 0.3) is 0 Å². The fourth-order valence-corrected chi connectivity index (χ4v) is 2.42. The Hall–Kier alpha value is -1.94. The minimum absolute atomic E-state index is 0.0827. The van der Waals surface area contributed by atoms with Crippen molar-refractivity contribution in [2.45, 2.75) is 18.5 Å². The summed E-state index contributed by atoms with van der Waals surface area (Å²) < 4.78 is 22.2. The summed E-state index contributed by atoms with van der Waals surface area (Å²) in [6.07, 6.45) is 0. The summed E-state index contributed by atoms with van der Waals surface area (Å²) in [6.45, 7) is 0.0135. The van der Waals surface area contributed by atoms with Crippen LogP contribution in [-0.4, -0.2) is 53.3 Å². The lowest BCUT2D eigenvalue weighted by molar-refractivity contribution is -0.144. The minimum Gasteiger partial charge on any atom is -0.444 e. The van der Waals surface area contributed by atoms with Gasteiger partial charge in [-0.1, -0.05) is 0 Å². The van der Waals surface area contributed by atoms with Crippen LogP contribution in [0.2, 0.25) is 0 Å². The molecule has 122 valence electrons. The van der Waals surface area contributed by atoms with E-state index in [1.54, 1.807) is 6.92 Å². The van der Waals surface area contributed by atoms with Gasteiger partial charge in [0, 0.05) is 5.56 Å². The first-order valence-corrected chi connectivity index (χ1v) is 6.69. The number of rotatable bonds is 4. The molecule has 3 rings (SSSR count). The summed E-state index contributed by atoms with van der Waals surface area (Å²) in [7, 11) is 0. The maximum absolute atomic E-state index is 9.44. The van der Waals surface area contributed by atoms with Gasteiger partial charge in [-0.25, -0.2) is 0 Å². The van der Waals surface area contributed by atoms with Gasteiger partial charge in [0.05, 0.1) is 6.54 Å². The van der Waals surface area contributed by atoms with Crippen molar-refractivity contribution in [2.24, 2.45) is 5.73 Å². The standard InChI is InChI=1S/C13H18N2O7/c1-6-8-10(21-12(2-14,3-16)19-8)7(15)11-9(6)20-13(4-17,5-18)22-11/h16-18H,2-5,14-15H2,1H3. The van der Waals surface area contributed by atoms with E-state index >= 15 is 0 Å². The molecule has 22 heavy (non-hydrogen) atoms. The van der Waals surface area contributed by atoms with Gasteiger partial charge in [-0.05, 0) is 6.92 Å². The van der Waals surface area contributed by atoms with Gasteiger partial charge in [0.25, 0.3) is 11.6 Å². The van der Waals surface area contributed by atoms with Crippen LogP contribution in [0.15, 0.2) is 0 Å². The highest BCUT2D eigenvalue weighted by atomic mass is 16.8. The first-order valence-electron chi connectivity index (χ1n) is 6.69. The van der Waals surface area contributed by atoms with Crippen LogP contribution < -0.4 is 30.4 Å². The SMILES string of the molecule is Cc1c2c(c(N)c3c1OC(CO)(CO)O3)OC(CN)(CO)O2. The molecule has 1 aromatic carbocycles. The topological polar surface area (TPSA) is 150 Å². The average molecular weight is 314 g/mol. The maximum atomic E-state index is 9.44. The second-order valence-corrected chi connectivity index (χ2v) is 5.26. The van der Waals surface area contributed by atoms with E-state index < -0.39 is 31.4 Å². The van der Waals surface area contributed by atoms with Gasteiger partial charge in [0.2, 0.25) is 0 Å². The Morgan fingerprint density at radius 3 is 1.68 bits per heavy atom. The highest BCUT2D eigenvalue weighted by Crippen LogP contribution is 2.58. The van der Waals surface area contributed by atoms with E-state index in [-0.39, 0.29) is 35.2 Å². The second kappa shape index (κ2) is 4.78. The van der Waals surface area contributed by atoms with Crippen molar-refractivity contribution >= 4 is 5.69 Å². The van der Waals surface area contributed by atoms with Crippen LogP contribution in [-0.2, 0) is 0 Å². The number of aliphatic hydroxyl groups is 3. The van der Waals surface area contributed by atoms with Gasteiger partial charge in [0.1, 0.15) is 25.5 Å². The third-order valence-electron chi connectivity index (χ3n) is 3.77. The van der Waals surface area contributed by atoms with Crippen molar-refractivity contribution in [3.8, 4) is 23.0 Å². The van der Waals surface area contributed by atoms with Crippen LogP contribution in [0.1, 0.15) is 5.56 Å². The van der Waals surface area contributed by atoms with Crippen molar-refractivity contribution in [3.63, 3.8) is 0 Å². The fraction of sp³-hybridized carbons (Fsp3) is 0.538. The quantitative estimate of drug-likeness (QED) is 0.416. The predicted molar refractivity (Wildman–Crippen MR) is 73.9 cm³/mol. The van der Waals surface area contributed by atoms with E-state index in [2.05, 4.69) is 0 Å². The first kappa shape index (κ1) is 15.0. The molecule has 0 saturated heterocycles. The van der Waals surface area contributed by atoms with Crippen LogP contribution in [0.5, 0.6) is 23.0 Å². The number of hydrogen-bond acceptors (Lipinski definition) is 9. The Bertz CT molecular complexity index is 517. The lowest BCUT2D eigenvalue weighted by Gasteiger charge is -2.24. The van der Waals surface area contributed by atoms with Gasteiger partial charge in [-0.3, -0.25) is 0 Å². The molecule has 0 bridgehead atoms. The number of aliphatic hydroxyl groups excluding tert-OH is 3. The molecule has 0 radical (unpaired) electrons. The van der Waals surface area contributed by atoms with E-state index in [0.717, 1.165) is 0 Å². The van der Waals surface area contributed by atoms with E-state index in [4.69, 9.17) is 30.4 Å². The molecule has 1 unspecified atom stereocenters. The van der Waals surface area contributed by atoms with Gasteiger partial charge in [-0.2, -0.15) is 0 Å². The molecule has 0 fully saturated rings. The average Bonchev–Trinajstić information content (AvgIpc) is 3.13. The van der Waals surface area contributed by atoms with Crippen molar-refractivity contribution in [1.29, 1.82) is 0 Å². The van der Waals surface area contributed by atoms with Crippen LogP contribution in [0.3, 0.4) is 0 Å². The normalized spacial score (nSPS) is 23.9. The zero-order valence-electron chi connectivity index (χ0n) is 12.0. The number of hydrogen-bond donors (Lipinski definition) is 5. The lowest BCUT2D eigenvalue weighted by Crippen LogP contribution is -2.49. The van der Waals surface area contributed by atoms with Crippen molar-refractivity contribution in [3.05, 3.63) is 5.56 Å². The van der Waals surface area contributed by atoms with Crippen LogP contribution in [0, 0.1) is 6.92 Å². The molecule has 0 aliphatic carbocycles. The van der Waals surface area contributed by atoms with Gasteiger partial charge in [-0.15, -0.1) is 0 Å². The number of anilines is 1. The zero-order valence-corrected chi connectivity index (χ0v) is 12.0. The number of nitrogen functional groups attached to an aromatic ring is 1. The molecule has 0 spiro atoms. The lowest BCUT2D eigenvalue weighted by atomic mass is 10.1. The van der Waals surface area contributed by atoms with Gasteiger partial charge >= 0.3 is 0 Å². The summed E-state index contributed by atoms with van der Waals surface area (Å²) in [5, 5.41) is 28.2. The second-order valence-electron chi connectivity index (χ2n) is 5.26. The van der Waals surface area contributed by atoms with Gasteiger partial charge in [0.15, 0.2) is 23.0 Å². The Labute approximate surface area is 125 Å². The van der Waals surface area contributed by atoms with E-state index in [1.165, 1.54) is 0 Å². The van der Waals surface area contributed by atoms with Crippen molar-refractivity contribution in [2.75, 3.05) is 32.1 Å². The summed E-state index contributed by atoms with van der Waals surface area (Å²) in [4.78, 5) is 0. The molecular formula is C13H18N2O7. The van der Waals surface area contributed by atoms with Crippen LogP contribution in [0.4, 0.5) is 5.69 Å². The molecule has 2 aliphatic heterocycles. The van der Waals surface area contributed by atoms with E-state index in [0.29, 0.717) is 5.56 Å². The van der Waals surface area contributed by atoms with E-state index in [1.807, 2.05) is 0 Å². The molecule has 2 aliphatic rings. The third-order valence-corrected chi connectivity index (χ3v) is 3.77. The smallest absolute Gasteiger partial charge is 0.297 e. The monoisotopic (exact) mass is 314 g/mol. The molecule has 7 N–H and O–H groups in total. The molecule has 2 heterocycles. The minimum atomic E-state index is -1.60. The summed E-state index contributed by atoms with van der Waals surface area (Å²) in [5.74, 6) is -2.14. The third kappa shape index (κ3) is 1.80. The van der Waals surface area contributed by atoms with Crippen molar-refractivity contribution < 1.29 is 34.3 Å². The Morgan fingerprint density at radius 2 is 1.23 bits per heavy atom. The molecule has 1 aromatic rings. The van der Waals surface area contributed by atoms with Gasteiger partial charge < -0.3 is 45.7 Å². The molecule has 0 aromatic heterocycles. The number of ether oxygens (including phenoxy) is 4. The fourth-order valence-electron chi connectivity index (χ4n) is 2.42. The predicted octanol–water partition coefficient (Wildman–Crippen LogP) is -1.55. The number of nitrogens with two attached hydrogens (primary N) is 2. The molecule has 9 heteroatoms. The summed E-state index contributed by atoms with van der Waals surface area (Å²) in [5.41, 5.74) is 12.2. The van der Waals surface area contributed by atoms with Crippen molar-refractivity contribution in [1.82, 2.24) is 0 Å². The molecule has 1 atom stereocenters. The summed E-state index contributed by atoms with van der Waals surface area (Å²) in [6, 6.07) is 0. The Balaban J connectivity index is 2.09. The molecule has 0 saturated carbocycles. The Kier molecular flexibility index (Phi) is 3.25. The zero-order chi connectivity index (χ0) is 16.1. The first-order chi connectivity index (χ1) is 10.4. The number of fused-ring (bicyclic) bond motifs is 2. The highest BCUT2D eigenvalue weighted by Gasteiger charge is 2.49. The highest BCUT2D eigenvalue weighted by molar-refractivity contribution is 5.78. The maximum Gasteiger partial charge on any atom is 0.297 e. The number of benzene rings is 1. The Morgan fingerprint density at radius 1 is 0.818 bits per heavy atom.